The molecule has 4 rings (SSSR count). The molecule has 0 N–H and O–H groups in total. The predicted molar refractivity (Wildman–Crippen MR) is 89.0 cm³/mol. The van der Waals surface area contributed by atoms with E-state index in [1.165, 1.54) is 0 Å². The van der Waals surface area contributed by atoms with Gasteiger partial charge in [0.15, 0.2) is 5.58 Å². The number of benzene rings is 1. The minimum Gasteiger partial charge on any atom is -0.436 e. The molecule has 1 fully saturated rings. The predicted octanol–water partition coefficient (Wildman–Crippen LogP) is 3.02. The van der Waals surface area contributed by atoms with Crippen molar-refractivity contribution in [2.24, 2.45) is 0 Å². The molecule has 1 aliphatic rings. The minimum atomic E-state index is -0.0169. The first-order valence-corrected chi connectivity index (χ1v) is 7.98. The average Bonchev–Trinajstić information content (AvgIpc) is 3.05. The summed E-state index contributed by atoms with van der Waals surface area (Å²) in [5, 5.41) is 0.373. The highest BCUT2D eigenvalue weighted by Gasteiger charge is 2.19. The number of hydrogen-bond donors (Lipinski definition) is 0. The van der Waals surface area contributed by atoms with Gasteiger partial charge in [-0.25, -0.2) is 9.97 Å². The standard InChI is InChI=1S/C17H14ClN3O3/c18-15-10-11(3-4-19-15)16-20-13-9-12(1-2-14(13)24-16)17(22)21-5-7-23-8-6-21/h1-4,9-10H,5-8H2. The molecule has 1 saturated heterocycles. The largest absolute Gasteiger partial charge is 0.436 e. The van der Waals surface area contributed by atoms with E-state index in [4.69, 9.17) is 20.8 Å². The third-order valence-corrected chi connectivity index (χ3v) is 4.11. The van der Waals surface area contributed by atoms with Gasteiger partial charge in [0.2, 0.25) is 5.89 Å². The second kappa shape index (κ2) is 6.22. The van der Waals surface area contributed by atoms with Gasteiger partial charge in [-0.1, -0.05) is 11.6 Å². The number of morpholine rings is 1. The SMILES string of the molecule is O=C(c1ccc2oc(-c3ccnc(Cl)c3)nc2c1)N1CCOCC1. The van der Waals surface area contributed by atoms with Crippen LogP contribution in [0.25, 0.3) is 22.6 Å². The van der Waals surface area contributed by atoms with E-state index in [0.29, 0.717) is 54.0 Å². The number of halogens is 1. The van der Waals surface area contributed by atoms with E-state index >= 15 is 0 Å². The van der Waals surface area contributed by atoms with Crippen molar-refractivity contribution < 1.29 is 13.9 Å². The fraction of sp³-hybridized carbons (Fsp3) is 0.235. The van der Waals surface area contributed by atoms with E-state index in [0.717, 1.165) is 5.56 Å². The van der Waals surface area contributed by atoms with Crippen molar-refractivity contribution in [1.82, 2.24) is 14.9 Å². The fourth-order valence-electron chi connectivity index (χ4n) is 2.67. The number of amides is 1. The van der Waals surface area contributed by atoms with Crippen molar-refractivity contribution in [3.05, 3.63) is 47.2 Å². The first-order chi connectivity index (χ1) is 11.7. The van der Waals surface area contributed by atoms with Crippen LogP contribution in [0.5, 0.6) is 0 Å². The Morgan fingerprint density at radius 3 is 2.79 bits per heavy atom. The van der Waals surface area contributed by atoms with Gasteiger partial charge < -0.3 is 14.1 Å². The molecule has 3 aromatic rings. The summed E-state index contributed by atoms with van der Waals surface area (Å²) in [5.41, 5.74) is 2.60. The smallest absolute Gasteiger partial charge is 0.254 e. The van der Waals surface area contributed by atoms with Gasteiger partial charge in [-0.3, -0.25) is 4.79 Å². The van der Waals surface area contributed by atoms with E-state index in [2.05, 4.69) is 9.97 Å². The molecule has 122 valence electrons. The monoisotopic (exact) mass is 343 g/mol. The van der Waals surface area contributed by atoms with Crippen LogP contribution >= 0.6 is 11.6 Å². The third kappa shape index (κ3) is 2.86. The number of hydrogen-bond acceptors (Lipinski definition) is 5. The summed E-state index contributed by atoms with van der Waals surface area (Å²) in [5.74, 6) is 0.432. The Balaban J connectivity index is 1.67. The first kappa shape index (κ1) is 15.1. The summed E-state index contributed by atoms with van der Waals surface area (Å²) in [4.78, 5) is 22.7. The lowest BCUT2D eigenvalue weighted by Crippen LogP contribution is -2.40. The molecule has 1 aliphatic heterocycles. The molecule has 0 saturated carbocycles. The molecule has 6 nitrogen and oxygen atoms in total. The molecule has 0 spiro atoms. The minimum absolute atomic E-state index is 0.0169. The summed E-state index contributed by atoms with van der Waals surface area (Å²) in [6.07, 6.45) is 1.60. The number of carbonyl (C=O) groups excluding carboxylic acids is 1. The number of rotatable bonds is 2. The van der Waals surface area contributed by atoms with Gasteiger partial charge in [-0.05, 0) is 30.3 Å². The van der Waals surface area contributed by atoms with E-state index in [-0.39, 0.29) is 5.91 Å². The van der Waals surface area contributed by atoms with E-state index in [9.17, 15) is 4.79 Å². The van der Waals surface area contributed by atoms with Crippen LogP contribution in [-0.2, 0) is 4.74 Å². The van der Waals surface area contributed by atoms with Gasteiger partial charge in [-0.2, -0.15) is 0 Å². The van der Waals surface area contributed by atoms with E-state index < -0.39 is 0 Å². The maximum atomic E-state index is 12.6. The van der Waals surface area contributed by atoms with Gasteiger partial charge in [-0.15, -0.1) is 0 Å². The first-order valence-electron chi connectivity index (χ1n) is 7.60. The summed E-state index contributed by atoms with van der Waals surface area (Å²) in [7, 11) is 0. The maximum absolute atomic E-state index is 12.6. The number of oxazole rings is 1. The highest BCUT2D eigenvalue weighted by molar-refractivity contribution is 6.29. The highest BCUT2D eigenvalue weighted by Crippen LogP contribution is 2.26. The number of pyridine rings is 1. The van der Waals surface area contributed by atoms with Crippen molar-refractivity contribution in [2.45, 2.75) is 0 Å². The summed E-state index contributed by atoms with van der Waals surface area (Å²) >= 11 is 5.91. The normalized spacial score (nSPS) is 15.0. The molecule has 0 bridgehead atoms. The Morgan fingerprint density at radius 2 is 2.00 bits per heavy atom. The van der Waals surface area contributed by atoms with Gasteiger partial charge in [0.05, 0.1) is 13.2 Å². The lowest BCUT2D eigenvalue weighted by Gasteiger charge is -2.26. The zero-order chi connectivity index (χ0) is 16.5. The summed E-state index contributed by atoms with van der Waals surface area (Å²) in [6.45, 7) is 2.36. The number of ether oxygens (including phenoxy) is 1. The Labute approximate surface area is 143 Å². The Hall–Kier alpha value is -2.44. The molecule has 0 unspecified atom stereocenters. The Bertz CT molecular complexity index is 903. The van der Waals surface area contributed by atoms with Crippen LogP contribution in [0.15, 0.2) is 40.9 Å². The average molecular weight is 344 g/mol. The zero-order valence-electron chi connectivity index (χ0n) is 12.7. The van der Waals surface area contributed by atoms with Crippen molar-refractivity contribution in [2.75, 3.05) is 26.3 Å². The second-order valence-electron chi connectivity index (χ2n) is 5.47. The number of carbonyl (C=O) groups is 1. The van der Waals surface area contributed by atoms with E-state index in [1.807, 2.05) is 0 Å². The molecule has 3 heterocycles. The van der Waals surface area contributed by atoms with Crippen LogP contribution in [0, 0.1) is 0 Å². The van der Waals surface area contributed by atoms with Crippen molar-refractivity contribution >= 4 is 28.6 Å². The zero-order valence-corrected chi connectivity index (χ0v) is 13.5. The molecule has 24 heavy (non-hydrogen) atoms. The molecular weight excluding hydrogens is 330 g/mol. The number of nitrogens with zero attached hydrogens (tertiary/aromatic N) is 3. The summed E-state index contributed by atoms with van der Waals surface area (Å²) < 4.78 is 11.0. The molecular formula is C17H14ClN3O3. The molecule has 1 amide bonds. The van der Waals surface area contributed by atoms with Crippen LogP contribution in [0.1, 0.15) is 10.4 Å². The lowest BCUT2D eigenvalue weighted by atomic mass is 10.1. The van der Waals surface area contributed by atoms with Crippen LogP contribution in [0.4, 0.5) is 0 Å². The number of fused-ring (bicyclic) bond motifs is 1. The molecule has 0 radical (unpaired) electrons. The van der Waals surface area contributed by atoms with Crippen LogP contribution in [-0.4, -0.2) is 47.1 Å². The van der Waals surface area contributed by atoms with Crippen LogP contribution in [0.3, 0.4) is 0 Å². The van der Waals surface area contributed by atoms with Crippen LogP contribution < -0.4 is 0 Å². The lowest BCUT2D eigenvalue weighted by molar-refractivity contribution is 0.0303. The molecule has 0 atom stereocenters. The van der Waals surface area contributed by atoms with Gasteiger partial charge in [0.1, 0.15) is 10.7 Å². The topological polar surface area (TPSA) is 68.5 Å². The fourth-order valence-corrected chi connectivity index (χ4v) is 2.84. The molecule has 1 aromatic carbocycles. The van der Waals surface area contributed by atoms with Gasteiger partial charge in [0, 0.05) is 30.4 Å². The molecule has 0 aliphatic carbocycles. The van der Waals surface area contributed by atoms with E-state index in [1.54, 1.807) is 41.4 Å². The van der Waals surface area contributed by atoms with Gasteiger partial charge in [0.25, 0.3) is 5.91 Å². The van der Waals surface area contributed by atoms with Crippen molar-refractivity contribution in [1.29, 1.82) is 0 Å². The summed E-state index contributed by atoms with van der Waals surface area (Å²) in [6, 6.07) is 8.74. The maximum Gasteiger partial charge on any atom is 0.254 e. The second-order valence-corrected chi connectivity index (χ2v) is 5.86. The quantitative estimate of drug-likeness (QED) is 0.669. The Morgan fingerprint density at radius 1 is 1.17 bits per heavy atom. The molecule has 2 aromatic heterocycles. The van der Waals surface area contributed by atoms with Crippen molar-refractivity contribution in [3.63, 3.8) is 0 Å². The third-order valence-electron chi connectivity index (χ3n) is 3.91. The molecule has 7 heteroatoms. The number of aromatic nitrogens is 2. The van der Waals surface area contributed by atoms with Gasteiger partial charge >= 0.3 is 0 Å². The Kier molecular flexibility index (Phi) is 3.92. The van der Waals surface area contributed by atoms with Crippen LogP contribution in [0.2, 0.25) is 5.15 Å². The van der Waals surface area contributed by atoms with Crippen molar-refractivity contribution in [3.8, 4) is 11.5 Å². The highest BCUT2D eigenvalue weighted by atomic mass is 35.5.